The van der Waals surface area contributed by atoms with Gasteiger partial charge in [0.05, 0.1) is 5.56 Å². The first kappa shape index (κ1) is 16.1. The third-order valence-corrected chi connectivity index (χ3v) is 4.33. The molecule has 1 atom stereocenters. The first-order chi connectivity index (χ1) is 8.58. The van der Waals surface area contributed by atoms with E-state index >= 15 is 0 Å². The highest BCUT2D eigenvalue weighted by molar-refractivity contribution is 9.11. The average molecular weight is 444 g/mol. The van der Waals surface area contributed by atoms with Crippen LogP contribution >= 0.6 is 47.8 Å². The van der Waals surface area contributed by atoms with E-state index in [2.05, 4.69) is 53.1 Å². The van der Waals surface area contributed by atoms with Crippen LogP contribution in [-0.2, 0) is 4.74 Å². The maximum atomic E-state index is 12.1. The van der Waals surface area contributed by atoms with Gasteiger partial charge in [-0.2, -0.15) is 0 Å². The van der Waals surface area contributed by atoms with E-state index in [1.807, 2.05) is 12.1 Å². The fourth-order valence-electron chi connectivity index (χ4n) is 1.38. The molecule has 3 nitrogen and oxygen atoms in total. The summed E-state index contributed by atoms with van der Waals surface area (Å²) in [6.45, 7) is 0.621. The summed E-state index contributed by atoms with van der Waals surface area (Å²) in [6, 6.07) is 5.58. The number of hydrogen-bond acceptors (Lipinski definition) is 2. The fraction of sp³-hybridized carbons (Fsp3) is 0.417. The minimum Gasteiger partial charge on any atom is -0.385 e. The summed E-state index contributed by atoms with van der Waals surface area (Å²) in [7, 11) is 1.65. The predicted octanol–water partition coefficient (Wildman–Crippen LogP) is 3.74. The lowest BCUT2D eigenvalue weighted by atomic mass is 10.2. The zero-order valence-corrected chi connectivity index (χ0v) is 14.6. The first-order valence-electron chi connectivity index (χ1n) is 5.39. The van der Waals surface area contributed by atoms with E-state index in [1.165, 1.54) is 0 Å². The Kier molecular flexibility index (Phi) is 7.44. The predicted molar refractivity (Wildman–Crippen MR) is 83.4 cm³/mol. The van der Waals surface area contributed by atoms with E-state index < -0.39 is 0 Å². The van der Waals surface area contributed by atoms with Crippen LogP contribution in [0, 0.1) is 0 Å². The maximum absolute atomic E-state index is 12.1. The van der Waals surface area contributed by atoms with Crippen LogP contribution in [0.3, 0.4) is 0 Å². The van der Waals surface area contributed by atoms with E-state index in [1.54, 1.807) is 13.2 Å². The number of benzene rings is 1. The van der Waals surface area contributed by atoms with Gasteiger partial charge in [0.2, 0.25) is 0 Å². The van der Waals surface area contributed by atoms with Crippen LogP contribution in [0.25, 0.3) is 0 Å². The zero-order valence-electron chi connectivity index (χ0n) is 9.88. The Balaban J connectivity index is 2.71. The molecule has 1 unspecified atom stereocenters. The summed E-state index contributed by atoms with van der Waals surface area (Å²) in [5.41, 5.74) is 0.618. The summed E-state index contributed by atoms with van der Waals surface area (Å²) < 4.78 is 6.67. The Morgan fingerprint density at radius 1 is 1.44 bits per heavy atom. The molecular weight excluding hydrogens is 430 g/mol. The van der Waals surface area contributed by atoms with E-state index in [4.69, 9.17) is 4.74 Å². The molecule has 0 bridgehead atoms. The van der Waals surface area contributed by atoms with E-state index in [0.717, 1.165) is 15.4 Å². The van der Waals surface area contributed by atoms with Crippen LogP contribution in [0.2, 0.25) is 0 Å². The second-order valence-electron chi connectivity index (χ2n) is 3.73. The van der Waals surface area contributed by atoms with Gasteiger partial charge in [-0.3, -0.25) is 4.79 Å². The van der Waals surface area contributed by atoms with Gasteiger partial charge in [0.15, 0.2) is 0 Å². The van der Waals surface area contributed by atoms with Crippen molar-refractivity contribution in [3.05, 3.63) is 32.7 Å². The molecule has 1 amide bonds. The van der Waals surface area contributed by atoms with Gasteiger partial charge in [-0.25, -0.2) is 0 Å². The number of carbonyl (C=O) groups is 1. The average Bonchev–Trinajstić information content (AvgIpc) is 2.37. The number of carbonyl (C=O) groups excluding carboxylic acids is 1. The molecule has 6 heteroatoms. The molecule has 0 saturated heterocycles. The highest BCUT2D eigenvalue weighted by Crippen LogP contribution is 2.21. The van der Waals surface area contributed by atoms with E-state index in [0.29, 0.717) is 17.5 Å². The molecule has 0 fully saturated rings. The Labute approximate surface area is 132 Å². The number of alkyl halides is 1. The summed E-state index contributed by atoms with van der Waals surface area (Å²) >= 11 is 10.1. The van der Waals surface area contributed by atoms with Crippen LogP contribution in [0.5, 0.6) is 0 Å². The van der Waals surface area contributed by atoms with Crippen LogP contribution < -0.4 is 5.32 Å². The van der Waals surface area contributed by atoms with Crippen molar-refractivity contribution in [2.75, 3.05) is 19.0 Å². The van der Waals surface area contributed by atoms with Crippen molar-refractivity contribution in [1.82, 2.24) is 5.32 Å². The van der Waals surface area contributed by atoms with Crippen LogP contribution in [0.4, 0.5) is 0 Å². The van der Waals surface area contributed by atoms with Gasteiger partial charge in [0, 0.05) is 34.0 Å². The van der Waals surface area contributed by atoms with Gasteiger partial charge in [-0.05, 0) is 40.5 Å². The van der Waals surface area contributed by atoms with Gasteiger partial charge in [-0.15, -0.1) is 0 Å². The van der Waals surface area contributed by atoms with Gasteiger partial charge in [-0.1, -0.05) is 31.9 Å². The van der Waals surface area contributed by atoms with Gasteiger partial charge < -0.3 is 10.1 Å². The van der Waals surface area contributed by atoms with E-state index in [9.17, 15) is 4.79 Å². The molecule has 0 aliphatic heterocycles. The Morgan fingerprint density at radius 2 is 2.17 bits per heavy atom. The van der Waals surface area contributed by atoms with Crippen LogP contribution in [0.15, 0.2) is 27.1 Å². The molecular formula is C12H14Br3NO2. The molecule has 1 aromatic carbocycles. The standard InChI is InChI=1S/C12H14Br3NO2/c1-18-5-4-9(7-13)16-12(17)10-6-8(14)2-3-11(10)15/h2-3,6,9H,4-5,7H2,1H3,(H,16,17). The molecule has 0 saturated carbocycles. The number of nitrogens with one attached hydrogen (secondary N) is 1. The number of ether oxygens (including phenoxy) is 1. The summed E-state index contributed by atoms with van der Waals surface area (Å²) in [5, 5.41) is 3.67. The molecule has 0 aliphatic carbocycles. The van der Waals surface area contributed by atoms with Crippen molar-refractivity contribution < 1.29 is 9.53 Å². The SMILES string of the molecule is COCCC(CBr)NC(=O)c1cc(Br)ccc1Br. The van der Waals surface area contributed by atoms with Crippen LogP contribution in [0.1, 0.15) is 16.8 Å². The van der Waals surface area contributed by atoms with Gasteiger partial charge >= 0.3 is 0 Å². The Hall–Kier alpha value is 0.0900. The molecule has 0 aromatic heterocycles. The lowest BCUT2D eigenvalue weighted by Crippen LogP contribution is -2.37. The minimum atomic E-state index is -0.0938. The van der Waals surface area contributed by atoms with Crippen molar-refractivity contribution >= 4 is 53.7 Å². The Morgan fingerprint density at radius 3 is 2.78 bits per heavy atom. The lowest BCUT2D eigenvalue weighted by molar-refractivity contribution is 0.0930. The van der Waals surface area contributed by atoms with Crippen molar-refractivity contribution in [1.29, 1.82) is 0 Å². The molecule has 0 aliphatic rings. The van der Waals surface area contributed by atoms with Gasteiger partial charge in [0.25, 0.3) is 5.91 Å². The summed E-state index contributed by atoms with van der Waals surface area (Å²) in [5.74, 6) is -0.0938. The minimum absolute atomic E-state index is 0.0586. The van der Waals surface area contributed by atoms with Crippen molar-refractivity contribution in [2.24, 2.45) is 0 Å². The lowest BCUT2D eigenvalue weighted by Gasteiger charge is -2.16. The second kappa shape index (κ2) is 8.30. The second-order valence-corrected chi connectivity index (χ2v) is 6.15. The summed E-state index contributed by atoms with van der Waals surface area (Å²) in [4.78, 5) is 12.1. The van der Waals surface area contributed by atoms with Crippen molar-refractivity contribution in [3.63, 3.8) is 0 Å². The topological polar surface area (TPSA) is 38.3 Å². The normalized spacial score (nSPS) is 12.2. The Bertz CT molecular complexity index is 412. The highest BCUT2D eigenvalue weighted by Gasteiger charge is 2.15. The molecule has 0 radical (unpaired) electrons. The van der Waals surface area contributed by atoms with Gasteiger partial charge in [0.1, 0.15) is 0 Å². The quantitative estimate of drug-likeness (QED) is 0.680. The first-order valence-corrected chi connectivity index (χ1v) is 8.10. The molecule has 18 heavy (non-hydrogen) atoms. The monoisotopic (exact) mass is 441 g/mol. The molecule has 1 rings (SSSR count). The van der Waals surface area contributed by atoms with Crippen molar-refractivity contribution in [3.8, 4) is 0 Å². The molecule has 100 valence electrons. The number of amides is 1. The van der Waals surface area contributed by atoms with Crippen molar-refractivity contribution in [2.45, 2.75) is 12.5 Å². The molecule has 1 aromatic rings. The number of halogens is 3. The number of rotatable bonds is 6. The smallest absolute Gasteiger partial charge is 0.252 e. The van der Waals surface area contributed by atoms with Crippen LogP contribution in [-0.4, -0.2) is 31.0 Å². The fourth-order valence-corrected chi connectivity index (χ4v) is 2.66. The number of methoxy groups -OCH3 is 1. The largest absolute Gasteiger partial charge is 0.385 e. The third kappa shape index (κ3) is 4.99. The number of hydrogen-bond donors (Lipinski definition) is 1. The molecule has 0 heterocycles. The van der Waals surface area contributed by atoms with E-state index in [-0.39, 0.29) is 11.9 Å². The zero-order chi connectivity index (χ0) is 13.5. The summed E-state index contributed by atoms with van der Waals surface area (Å²) in [6.07, 6.45) is 0.777. The molecule has 0 spiro atoms. The highest BCUT2D eigenvalue weighted by atomic mass is 79.9. The third-order valence-electron chi connectivity index (χ3n) is 2.36. The molecule has 1 N–H and O–H groups in total. The maximum Gasteiger partial charge on any atom is 0.252 e.